The van der Waals surface area contributed by atoms with Crippen molar-refractivity contribution < 1.29 is 13.5 Å². The number of aryl methyl sites for hydroxylation is 1. The predicted octanol–water partition coefficient (Wildman–Crippen LogP) is 1.26. The average molecular weight is 380 g/mol. The quantitative estimate of drug-likeness (QED) is 0.790. The second-order valence-electron chi connectivity index (χ2n) is 4.14. The van der Waals surface area contributed by atoms with Crippen LogP contribution in [0.5, 0.6) is 0 Å². The maximum absolute atomic E-state index is 12.1. The molecule has 2 N–H and O–H groups in total. The first-order valence-electron chi connectivity index (χ1n) is 5.79. The topological polar surface area (TPSA) is 84.2 Å². The molecule has 0 fully saturated rings. The highest BCUT2D eigenvalue weighted by molar-refractivity contribution is 9.11. The lowest BCUT2D eigenvalue weighted by Gasteiger charge is -2.04. The van der Waals surface area contributed by atoms with Crippen LogP contribution in [0.4, 0.5) is 0 Å². The van der Waals surface area contributed by atoms with E-state index in [4.69, 9.17) is 5.11 Å². The van der Waals surface area contributed by atoms with Crippen LogP contribution in [0.3, 0.4) is 0 Å². The molecule has 0 spiro atoms. The number of hydrogen-bond acceptors (Lipinski definition) is 5. The Morgan fingerprint density at radius 2 is 2.30 bits per heavy atom. The molecule has 0 unspecified atom stereocenters. The summed E-state index contributed by atoms with van der Waals surface area (Å²) in [6.07, 6.45) is 2.33. The van der Waals surface area contributed by atoms with Crippen molar-refractivity contribution >= 4 is 37.3 Å². The SMILES string of the molecule is Cn1ccc(CCNS(=O)(=O)c2cc(CO)sc2Br)n1. The monoisotopic (exact) mass is 379 g/mol. The van der Waals surface area contributed by atoms with E-state index in [9.17, 15) is 8.42 Å². The van der Waals surface area contributed by atoms with Crippen LogP contribution in [-0.4, -0.2) is 29.8 Å². The summed E-state index contributed by atoms with van der Waals surface area (Å²) in [5, 5.41) is 13.2. The third-order valence-electron chi connectivity index (χ3n) is 2.59. The van der Waals surface area contributed by atoms with Gasteiger partial charge in [-0.1, -0.05) is 0 Å². The Hall–Kier alpha value is -0.740. The maximum Gasteiger partial charge on any atom is 0.242 e. The second kappa shape index (κ2) is 6.35. The molecule has 0 saturated carbocycles. The number of aliphatic hydroxyl groups excluding tert-OH is 1. The van der Waals surface area contributed by atoms with Crippen molar-refractivity contribution in [1.82, 2.24) is 14.5 Å². The minimum absolute atomic E-state index is 0.160. The zero-order valence-corrected chi connectivity index (χ0v) is 13.9. The molecule has 0 radical (unpaired) electrons. The van der Waals surface area contributed by atoms with E-state index in [1.54, 1.807) is 4.68 Å². The molecule has 0 aliphatic rings. The third kappa shape index (κ3) is 3.67. The van der Waals surface area contributed by atoms with Gasteiger partial charge in [0.15, 0.2) is 0 Å². The van der Waals surface area contributed by atoms with Gasteiger partial charge in [0.2, 0.25) is 10.0 Å². The van der Waals surface area contributed by atoms with Crippen LogP contribution in [0.25, 0.3) is 0 Å². The number of sulfonamides is 1. The average Bonchev–Trinajstić information content (AvgIpc) is 2.95. The van der Waals surface area contributed by atoms with E-state index in [0.29, 0.717) is 15.1 Å². The number of nitrogens with zero attached hydrogens (tertiary/aromatic N) is 2. The Morgan fingerprint density at radius 3 is 2.85 bits per heavy atom. The molecule has 2 rings (SSSR count). The number of hydrogen-bond donors (Lipinski definition) is 2. The zero-order chi connectivity index (χ0) is 14.8. The van der Waals surface area contributed by atoms with Crippen LogP contribution in [0, 0.1) is 0 Å². The Bertz CT molecular complexity index is 694. The van der Waals surface area contributed by atoms with Crippen molar-refractivity contribution in [1.29, 1.82) is 0 Å². The number of aliphatic hydroxyl groups is 1. The van der Waals surface area contributed by atoms with Gasteiger partial charge < -0.3 is 5.11 Å². The highest BCUT2D eigenvalue weighted by Gasteiger charge is 2.20. The number of thiophene rings is 1. The standard InChI is InChI=1S/C11H14BrN3O3S2/c1-15-5-3-8(14-15)2-4-13-20(17,18)10-6-9(7-16)19-11(10)12/h3,5-6,13,16H,2,4,7H2,1H3. The molecule has 0 bridgehead atoms. The molecule has 0 aromatic carbocycles. The Kier molecular flexibility index (Phi) is 4.97. The van der Waals surface area contributed by atoms with E-state index in [0.717, 1.165) is 5.69 Å². The maximum atomic E-state index is 12.1. The van der Waals surface area contributed by atoms with Gasteiger partial charge >= 0.3 is 0 Å². The molecule has 6 nitrogen and oxygen atoms in total. The molecule has 20 heavy (non-hydrogen) atoms. The first kappa shape index (κ1) is 15.6. The van der Waals surface area contributed by atoms with E-state index in [1.807, 2.05) is 19.3 Å². The lowest BCUT2D eigenvalue weighted by Crippen LogP contribution is -2.26. The van der Waals surface area contributed by atoms with Gasteiger partial charge in [0.25, 0.3) is 0 Å². The van der Waals surface area contributed by atoms with Gasteiger partial charge in [-0.3, -0.25) is 4.68 Å². The Labute approximate surface area is 129 Å². The summed E-state index contributed by atoms with van der Waals surface area (Å²) in [5.41, 5.74) is 0.829. The highest BCUT2D eigenvalue weighted by Crippen LogP contribution is 2.31. The molecule has 0 amide bonds. The fourth-order valence-electron chi connectivity index (χ4n) is 1.65. The first-order chi connectivity index (χ1) is 9.42. The highest BCUT2D eigenvalue weighted by atomic mass is 79.9. The molecule has 0 aliphatic carbocycles. The van der Waals surface area contributed by atoms with Crippen molar-refractivity contribution in [3.05, 3.63) is 32.7 Å². The fraction of sp³-hybridized carbons (Fsp3) is 0.364. The zero-order valence-electron chi connectivity index (χ0n) is 10.7. The smallest absolute Gasteiger partial charge is 0.242 e. The fourth-order valence-corrected chi connectivity index (χ4v) is 5.22. The lowest BCUT2D eigenvalue weighted by atomic mass is 10.3. The molecule has 0 aliphatic heterocycles. The summed E-state index contributed by atoms with van der Waals surface area (Å²) in [6.45, 7) is 0.100. The van der Waals surface area contributed by atoms with Gasteiger partial charge in [0, 0.05) is 31.1 Å². The van der Waals surface area contributed by atoms with Crippen molar-refractivity contribution in [2.24, 2.45) is 7.05 Å². The predicted molar refractivity (Wildman–Crippen MR) is 80.0 cm³/mol. The summed E-state index contributed by atoms with van der Waals surface area (Å²) in [7, 11) is -1.76. The van der Waals surface area contributed by atoms with Crippen LogP contribution >= 0.6 is 27.3 Å². The van der Waals surface area contributed by atoms with Crippen LogP contribution in [-0.2, 0) is 30.1 Å². The molecule has 0 atom stereocenters. The van der Waals surface area contributed by atoms with Crippen molar-refractivity contribution in [3.63, 3.8) is 0 Å². The number of halogens is 1. The third-order valence-corrected chi connectivity index (χ3v) is 6.29. The Morgan fingerprint density at radius 1 is 1.55 bits per heavy atom. The van der Waals surface area contributed by atoms with E-state index >= 15 is 0 Å². The summed E-state index contributed by atoms with van der Waals surface area (Å²) >= 11 is 4.41. The second-order valence-corrected chi connectivity index (χ2v) is 8.33. The molecule has 0 saturated heterocycles. The van der Waals surface area contributed by atoms with Gasteiger partial charge in [-0.2, -0.15) is 5.10 Å². The van der Waals surface area contributed by atoms with Crippen LogP contribution in [0.1, 0.15) is 10.6 Å². The number of rotatable bonds is 6. The van der Waals surface area contributed by atoms with Crippen LogP contribution in [0.15, 0.2) is 27.0 Å². The van der Waals surface area contributed by atoms with E-state index in [-0.39, 0.29) is 18.0 Å². The van der Waals surface area contributed by atoms with Crippen LogP contribution in [0.2, 0.25) is 0 Å². The molecular weight excluding hydrogens is 366 g/mol. The number of aromatic nitrogens is 2. The number of nitrogens with one attached hydrogen (secondary N) is 1. The van der Waals surface area contributed by atoms with Gasteiger partial charge in [-0.05, 0) is 28.1 Å². The molecule has 9 heteroatoms. The van der Waals surface area contributed by atoms with Gasteiger partial charge in [0.05, 0.1) is 16.1 Å². The summed E-state index contributed by atoms with van der Waals surface area (Å²) in [6, 6.07) is 3.32. The van der Waals surface area contributed by atoms with Crippen molar-refractivity contribution in [3.8, 4) is 0 Å². The molecule has 2 heterocycles. The van der Waals surface area contributed by atoms with E-state index in [1.165, 1.54) is 17.4 Å². The lowest BCUT2D eigenvalue weighted by molar-refractivity contribution is 0.285. The first-order valence-corrected chi connectivity index (χ1v) is 8.89. The minimum Gasteiger partial charge on any atom is -0.391 e. The van der Waals surface area contributed by atoms with Gasteiger partial charge in [0.1, 0.15) is 4.90 Å². The van der Waals surface area contributed by atoms with Gasteiger partial charge in [-0.25, -0.2) is 13.1 Å². The van der Waals surface area contributed by atoms with E-state index < -0.39 is 10.0 Å². The largest absolute Gasteiger partial charge is 0.391 e. The molecular formula is C11H14BrN3O3S2. The van der Waals surface area contributed by atoms with Crippen molar-refractivity contribution in [2.45, 2.75) is 17.9 Å². The molecule has 2 aromatic heterocycles. The molecule has 2 aromatic rings. The minimum atomic E-state index is -3.58. The summed E-state index contributed by atoms with van der Waals surface area (Å²) in [4.78, 5) is 0.759. The normalized spacial score (nSPS) is 11.9. The van der Waals surface area contributed by atoms with Crippen molar-refractivity contribution in [2.75, 3.05) is 6.54 Å². The summed E-state index contributed by atoms with van der Waals surface area (Å²) < 4.78 is 29.0. The summed E-state index contributed by atoms with van der Waals surface area (Å²) in [5.74, 6) is 0. The van der Waals surface area contributed by atoms with E-state index in [2.05, 4.69) is 25.8 Å². The Balaban J connectivity index is 2.01. The van der Waals surface area contributed by atoms with Gasteiger partial charge in [-0.15, -0.1) is 11.3 Å². The molecule has 110 valence electrons. The van der Waals surface area contributed by atoms with Crippen LogP contribution < -0.4 is 4.72 Å².